The predicted molar refractivity (Wildman–Crippen MR) is 118 cm³/mol. The second kappa shape index (κ2) is 8.80. The van der Waals surface area contributed by atoms with Crippen LogP contribution in [0.1, 0.15) is 22.6 Å². The minimum Gasteiger partial charge on any atom is -0.508 e. The molecule has 32 heavy (non-hydrogen) atoms. The summed E-state index contributed by atoms with van der Waals surface area (Å²) in [5.41, 5.74) is 4.42. The fraction of sp³-hybridized carbons (Fsp3) is 0.167. The Labute approximate surface area is 188 Å². The maximum absolute atomic E-state index is 12.4. The lowest BCUT2D eigenvalue weighted by Crippen LogP contribution is -2.42. The molecule has 0 aromatic heterocycles. The van der Waals surface area contributed by atoms with Gasteiger partial charge in [0.25, 0.3) is 0 Å². The first-order valence-electron chi connectivity index (χ1n) is 9.90. The van der Waals surface area contributed by atoms with Crippen LogP contribution in [0.2, 0.25) is 5.02 Å². The molecule has 1 atom stereocenters. The van der Waals surface area contributed by atoms with Crippen molar-refractivity contribution in [2.75, 3.05) is 6.61 Å². The van der Waals surface area contributed by atoms with Gasteiger partial charge in [0, 0.05) is 18.4 Å². The van der Waals surface area contributed by atoms with Crippen molar-refractivity contribution in [1.29, 1.82) is 0 Å². The molecular formula is C24H20ClNO6. The number of rotatable bonds is 6. The molecule has 0 aliphatic heterocycles. The zero-order valence-corrected chi connectivity index (χ0v) is 17.5. The van der Waals surface area contributed by atoms with Crippen LogP contribution in [0.15, 0.2) is 60.7 Å². The molecule has 1 aliphatic carbocycles. The van der Waals surface area contributed by atoms with Gasteiger partial charge in [-0.2, -0.15) is 0 Å². The fourth-order valence-electron chi connectivity index (χ4n) is 3.96. The Morgan fingerprint density at radius 2 is 1.56 bits per heavy atom. The van der Waals surface area contributed by atoms with E-state index >= 15 is 0 Å². The summed E-state index contributed by atoms with van der Waals surface area (Å²) in [4.78, 5) is 24.1. The molecule has 4 N–H and O–H groups in total. The van der Waals surface area contributed by atoms with E-state index in [4.69, 9.17) is 16.3 Å². The number of amides is 1. The van der Waals surface area contributed by atoms with E-state index < -0.39 is 18.1 Å². The van der Waals surface area contributed by atoms with Crippen LogP contribution in [-0.4, -0.2) is 40.0 Å². The van der Waals surface area contributed by atoms with Crippen molar-refractivity contribution in [3.8, 4) is 22.6 Å². The van der Waals surface area contributed by atoms with Crippen LogP contribution in [0, 0.1) is 0 Å². The van der Waals surface area contributed by atoms with Gasteiger partial charge in [0.05, 0.1) is 5.02 Å². The lowest BCUT2D eigenvalue weighted by molar-refractivity contribution is -0.139. The number of aliphatic carboxylic acids is 1. The van der Waals surface area contributed by atoms with Crippen LogP contribution in [0.5, 0.6) is 11.5 Å². The molecule has 8 heteroatoms. The number of carboxylic acid groups (broad SMARTS) is 1. The van der Waals surface area contributed by atoms with E-state index in [9.17, 15) is 24.9 Å². The van der Waals surface area contributed by atoms with Gasteiger partial charge in [0.1, 0.15) is 24.1 Å². The first-order chi connectivity index (χ1) is 15.3. The smallest absolute Gasteiger partial charge is 0.407 e. The van der Waals surface area contributed by atoms with Gasteiger partial charge in [0.2, 0.25) is 0 Å². The zero-order chi connectivity index (χ0) is 22.8. The molecule has 0 unspecified atom stereocenters. The summed E-state index contributed by atoms with van der Waals surface area (Å²) in [6.45, 7) is 0.0441. The first kappa shape index (κ1) is 21.5. The SMILES string of the molecule is O=C(N[C@@H](Cc1cc(Cl)c(O)cc1O)C(=O)O)OCC1c2ccccc2-c2ccccc21. The highest BCUT2D eigenvalue weighted by Crippen LogP contribution is 2.44. The van der Waals surface area contributed by atoms with Crippen LogP contribution >= 0.6 is 11.6 Å². The van der Waals surface area contributed by atoms with E-state index in [0.717, 1.165) is 28.3 Å². The molecule has 0 saturated heterocycles. The second-order valence-electron chi connectivity index (χ2n) is 7.50. The summed E-state index contributed by atoms with van der Waals surface area (Å²) in [7, 11) is 0. The molecule has 0 heterocycles. The molecule has 1 aliphatic rings. The van der Waals surface area contributed by atoms with Gasteiger partial charge in [-0.3, -0.25) is 0 Å². The van der Waals surface area contributed by atoms with Gasteiger partial charge in [-0.15, -0.1) is 0 Å². The normalized spacial score (nSPS) is 13.2. The minimum atomic E-state index is -1.36. The molecule has 3 aromatic rings. The highest BCUT2D eigenvalue weighted by Gasteiger charge is 2.30. The second-order valence-corrected chi connectivity index (χ2v) is 7.90. The summed E-state index contributed by atoms with van der Waals surface area (Å²) in [5.74, 6) is -2.12. The van der Waals surface area contributed by atoms with Crippen molar-refractivity contribution in [2.24, 2.45) is 0 Å². The topological polar surface area (TPSA) is 116 Å². The number of fused-ring (bicyclic) bond motifs is 3. The summed E-state index contributed by atoms with van der Waals surface area (Å²) >= 11 is 5.84. The van der Waals surface area contributed by atoms with Crippen molar-refractivity contribution in [3.63, 3.8) is 0 Å². The van der Waals surface area contributed by atoms with E-state index in [1.165, 1.54) is 6.07 Å². The third-order valence-electron chi connectivity index (χ3n) is 5.51. The maximum Gasteiger partial charge on any atom is 0.407 e. The molecule has 1 amide bonds. The van der Waals surface area contributed by atoms with E-state index in [1.54, 1.807) is 0 Å². The van der Waals surface area contributed by atoms with Crippen LogP contribution in [0.25, 0.3) is 11.1 Å². The number of ether oxygens (including phenoxy) is 1. The summed E-state index contributed by atoms with van der Waals surface area (Å²) in [6, 6.07) is 16.7. The molecular weight excluding hydrogens is 434 g/mol. The van der Waals surface area contributed by atoms with Crippen molar-refractivity contribution in [1.82, 2.24) is 5.32 Å². The molecule has 0 saturated carbocycles. The van der Waals surface area contributed by atoms with Gasteiger partial charge >= 0.3 is 12.1 Å². The Bertz CT molecular complexity index is 1150. The number of halogens is 1. The summed E-state index contributed by atoms with van der Waals surface area (Å²) in [6.07, 6.45) is -1.13. The van der Waals surface area contributed by atoms with Gasteiger partial charge < -0.3 is 25.4 Å². The van der Waals surface area contributed by atoms with Crippen molar-refractivity contribution >= 4 is 23.7 Å². The Balaban J connectivity index is 1.45. The fourth-order valence-corrected chi connectivity index (χ4v) is 4.14. The number of nitrogens with one attached hydrogen (secondary N) is 1. The standard InChI is InChI=1S/C24H20ClNO6/c25-19-9-13(21(27)11-22(19)28)10-20(23(29)30)26-24(31)32-12-18-16-7-3-1-5-14(16)15-6-2-4-8-17(15)18/h1-9,11,18,20,27-28H,10,12H2,(H,26,31)(H,29,30)/t20-/m0/s1. The average Bonchev–Trinajstić information content (AvgIpc) is 3.09. The highest BCUT2D eigenvalue weighted by molar-refractivity contribution is 6.32. The number of carbonyl (C=O) groups is 2. The largest absolute Gasteiger partial charge is 0.508 e. The van der Waals surface area contributed by atoms with Gasteiger partial charge in [-0.25, -0.2) is 9.59 Å². The van der Waals surface area contributed by atoms with E-state index in [-0.39, 0.29) is 41.0 Å². The third kappa shape index (κ3) is 4.20. The number of carboxylic acids is 1. The van der Waals surface area contributed by atoms with Crippen molar-refractivity contribution < 1.29 is 29.6 Å². The third-order valence-corrected chi connectivity index (χ3v) is 5.81. The Morgan fingerprint density at radius 1 is 0.969 bits per heavy atom. The lowest BCUT2D eigenvalue weighted by Gasteiger charge is -2.18. The number of phenolic OH excluding ortho intramolecular Hbond substituents is 2. The van der Waals surface area contributed by atoms with Gasteiger partial charge in [0.15, 0.2) is 0 Å². The maximum atomic E-state index is 12.4. The quantitative estimate of drug-likeness (QED) is 0.442. The number of alkyl carbamates (subject to hydrolysis) is 1. The first-order valence-corrected chi connectivity index (χ1v) is 10.3. The van der Waals surface area contributed by atoms with E-state index in [1.807, 2.05) is 48.5 Å². The molecule has 0 bridgehead atoms. The molecule has 4 rings (SSSR count). The molecule has 164 valence electrons. The monoisotopic (exact) mass is 453 g/mol. The average molecular weight is 454 g/mol. The minimum absolute atomic E-state index is 0.0388. The van der Waals surface area contributed by atoms with Crippen LogP contribution in [-0.2, 0) is 16.0 Å². The number of carbonyl (C=O) groups excluding carboxylic acids is 1. The Hall–Kier alpha value is -3.71. The zero-order valence-electron chi connectivity index (χ0n) is 16.8. The Morgan fingerprint density at radius 3 is 2.16 bits per heavy atom. The summed E-state index contributed by atoms with van der Waals surface area (Å²) < 4.78 is 5.39. The highest BCUT2D eigenvalue weighted by atomic mass is 35.5. The van der Waals surface area contributed by atoms with Gasteiger partial charge in [-0.1, -0.05) is 60.1 Å². The number of hydrogen-bond donors (Lipinski definition) is 4. The number of benzene rings is 3. The van der Waals surface area contributed by atoms with Crippen molar-refractivity contribution in [3.05, 3.63) is 82.4 Å². The number of aromatic hydroxyl groups is 2. The lowest BCUT2D eigenvalue weighted by atomic mass is 9.98. The number of hydrogen-bond acceptors (Lipinski definition) is 5. The molecule has 0 radical (unpaired) electrons. The van der Waals surface area contributed by atoms with Crippen molar-refractivity contribution in [2.45, 2.75) is 18.4 Å². The van der Waals surface area contributed by atoms with Crippen LogP contribution in [0.4, 0.5) is 4.79 Å². The van der Waals surface area contributed by atoms with E-state index in [2.05, 4.69) is 5.32 Å². The Kier molecular flexibility index (Phi) is 5.92. The predicted octanol–water partition coefficient (Wildman–Crippen LogP) is 4.29. The molecule has 3 aromatic carbocycles. The van der Waals surface area contributed by atoms with Crippen LogP contribution < -0.4 is 5.32 Å². The number of phenols is 2. The molecule has 7 nitrogen and oxygen atoms in total. The van der Waals surface area contributed by atoms with Crippen LogP contribution in [0.3, 0.4) is 0 Å². The molecule has 0 spiro atoms. The van der Waals surface area contributed by atoms with Gasteiger partial charge in [-0.05, 0) is 33.9 Å². The molecule has 0 fully saturated rings. The van der Waals surface area contributed by atoms with E-state index in [0.29, 0.717) is 0 Å². The summed E-state index contributed by atoms with van der Waals surface area (Å²) in [5, 5.41) is 31.3.